The molecule has 1 aliphatic heterocycles. The van der Waals surface area contributed by atoms with Crippen LogP contribution < -0.4 is 9.80 Å². The zero-order valence-corrected chi connectivity index (χ0v) is 14.5. The van der Waals surface area contributed by atoms with Gasteiger partial charge in [-0.2, -0.15) is 0 Å². The molecule has 0 atom stereocenters. The lowest BCUT2D eigenvalue weighted by Gasteiger charge is -2.35. The van der Waals surface area contributed by atoms with Crippen LogP contribution in [0, 0.1) is 6.92 Å². The van der Waals surface area contributed by atoms with Crippen LogP contribution in [0.4, 0.5) is 11.9 Å². The monoisotopic (exact) mass is 315 g/mol. The van der Waals surface area contributed by atoms with Crippen LogP contribution in [0.2, 0.25) is 0 Å². The van der Waals surface area contributed by atoms with Crippen LogP contribution >= 0.6 is 0 Å². The van der Waals surface area contributed by atoms with Crippen LogP contribution in [0.5, 0.6) is 0 Å². The zero-order valence-electron chi connectivity index (χ0n) is 14.5. The Balaban J connectivity index is 1.73. The summed E-state index contributed by atoms with van der Waals surface area (Å²) in [6, 6.07) is 2.11. The lowest BCUT2D eigenvalue weighted by Crippen LogP contribution is -2.48. The van der Waals surface area contributed by atoms with Gasteiger partial charge in [-0.25, -0.2) is 9.97 Å². The average Bonchev–Trinajstić information content (AvgIpc) is 2.93. The molecule has 3 rings (SSSR count). The lowest BCUT2D eigenvalue weighted by molar-refractivity contribution is 0.615. The first kappa shape index (κ1) is 15.7. The van der Waals surface area contributed by atoms with E-state index in [-0.39, 0.29) is 0 Å². The smallest absolute Gasteiger partial charge is 0.227 e. The largest absolute Gasteiger partial charge is 0.337 e. The molecule has 23 heavy (non-hydrogen) atoms. The van der Waals surface area contributed by atoms with Gasteiger partial charge in [-0.1, -0.05) is 13.8 Å². The summed E-state index contributed by atoms with van der Waals surface area (Å²) >= 11 is 0. The molecule has 0 radical (unpaired) electrons. The molecule has 0 aromatic carbocycles. The minimum Gasteiger partial charge on any atom is -0.337 e. The molecule has 2 aromatic rings. The van der Waals surface area contributed by atoms with E-state index in [2.05, 4.69) is 39.9 Å². The highest BCUT2D eigenvalue weighted by Crippen LogP contribution is 2.18. The highest BCUT2D eigenvalue weighted by atomic mass is 15.4. The molecule has 0 bridgehead atoms. The third-order valence-electron chi connectivity index (χ3n) is 4.46. The van der Waals surface area contributed by atoms with E-state index >= 15 is 0 Å². The van der Waals surface area contributed by atoms with Gasteiger partial charge in [-0.3, -0.25) is 0 Å². The van der Waals surface area contributed by atoms with Crippen molar-refractivity contribution in [1.82, 2.24) is 24.7 Å². The Morgan fingerprint density at radius 1 is 0.913 bits per heavy atom. The summed E-state index contributed by atoms with van der Waals surface area (Å²) in [6.45, 7) is 9.88. The Hall–Kier alpha value is -2.18. The summed E-state index contributed by atoms with van der Waals surface area (Å²) in [4.78, 5) is 14.0. The summed E-state index contributed by atoms with van der Waals surface area (Å²) in [7, 11) is 2.01. The van der Waals surface area contributed by atoms with Gasteiger partial charge in [0.2, 0.25) is 11.9 Å². The molecule has 1 saturated heterocycles. The number of nitrogens with zero attached hydrogens (tertiary/aromatic N) is 7. The first-order chi connectivity index (χ1) is 11.1. The van der Waals surface area contributed by atoms with Gasteiger partial charge in [-0.15, -0.1) is 10.2 Å². The van der Waals surface area contributed by atoms with Crippen LogP contribution in [0.1, 0.15) is 31.1 Å². The van der Waals surface area contributed by atoms with E-state index in [1.165, 1.54) is 0 Å². The zero-order chi connectivity index (χ0) is 16.4. The van der Waals surface area contributed by atoms with Crippen molar-refractivity contribution in [2.24, 2.45) is 7.05 Å². The van der Waals surface area contributed by atoms with Crippen molar-refractivity contribution in [1.29, 1.82) is 0 Å². The van der Waals surface area contributed by atoms with Gasteiger partial charge in [0.1, 0.15) is 5.82 Å². The molecule has 0 N–H and O–H groups in total. The Kier molecular flexibility index (Phi) is 4.45. The molecule has 2 aromatic heterocycles. The molecule has 3 heterocycles. The number of aromatic nitrogens is 5. The molecule has 0 aliphatic carbocycles. The van der Waals surface area contributed by atoms with Crippen molar-refractivity contribution in [2.45, 2.75) is 33.6 Å². The molecule has 7 nitrogen and oxygen atoms in total. The number of hydrogen-bond acceptors (Lipinski definition) is 6. The number of anilines is 2. The van der Waals surface area contributed by atoms with Gasteiger partial charge in [0.05, 0.1) is 0 Å². The van der Waals surface area contributed by atoms with Gasteiger partial charge in [0.15, 0.2) is 0 Å². The van der Waals surface area contributed by atoms with E-state index in [0.717, 1.165) is 68.1 Å². The van der Waals surface area contributed by atoms with E-state index in [1.54, 1.807) is 0 Å². The number of rotatable bonds is 4. The van der Waals surface area contributed by atoms with Crippen molar-refractivity contribution in [3.8, 4) is 0 Å². The van der Waals surface area contributed by atoms with Gasteiger partial charge < -0.3 is 14.4 Å². The average molecular weight is 315 g/mol. The summed E-state index contributed by atoms with van der Waals surface area (Å²) in [6.07, 6.45) is 1.89. The van der Waals surface area contributed by atoms with Crippen molar-refractivity contribution in [3.05, 3.63) is 23.3 Å². The lowest BCUT2D eigenvalue weighted by atomic mass is 10.2. The van der Waals surface area contributed by atoms with Crippen molar-refractivity contribution >= 4 is 11.9 Å². The second-order valence-corrected chi connectivity index (χ2v) is 5.94. The quantitative estimate of drug-likeness (QED) is 0.849. The number of hydrogen-bond donors (Lipinski definition) is 0. The standard InChI is InChI=1S/C16H25N7/c1-5-13-11-14(6-2)18-15(17-13)22-7-9-23(10-8-22)16-20-19-12(3)21(16)4/h11H,5-10H2,1-4H3. The first-order valence-electron chi connectivity index (χ1n) is 8.35. The molecular weight excluding hydrogens is 290 g/mol. The minimum absolute atomic E-state index is 0.870. The minimum atomic E-state index is 0.870. The van der Waals surface area contributed by atoms with Crippen LogP contribution in [0.15, 0.2) is 6.07 Å². The normalized spacial score (nSPS) is 15.3. The second-order valence-electron chi connectivity index (χ2n) is 5.94. The highest BCUT2D eigenvalue weighted by Gasteiger charge is 2.23. The predicted molar refractivity (Wildman–Crippen MR) is 91.0 cm³/mol. The maximum Gasteiger partial charge on any atom is 0.227 e. The van der Waals surface area contributed by atoms with Gasteiger partial charge in [-0.05, 0) is 25.8 Å². The molecule has 0 saturated carbocycles. The fraction of sp³-hybridized carbons (Fsp3) is 0.625. The van der Waals surface area contributed by atoms with Crippen LogP contribution in [0.3, 0.4) is 0 Å². The summed E-state index contributed by atoms with van der Waals surface area (Å²) in [5, 5.41) is 8.43. The fourth-order valence-electron chi connectivity index (χ4n) is 2.82. The van der Waals surface area contributed by atoms with E-state index in [0.29, 0.717) is 0 Å². The molecule has 0 amide bonds. The third-order valence-corrected chi connectivity index (χ3v) is 4.46. The maximum atomic E-state index is 4.71. The Morgan fingerprint density at radius 2 is 1.48 bits per heavy atom. The van der Waals surface area contributed by atoms with Crippen molar-refractivity contribution in [3.63, 3.8) is 0 Å². The SMILES string of the molecule is CCc1cc(CC)nc(N2CCN(c3nnc(C)n3C)CC2)n1. The second kappa shape index (κ2) is 6.52. The maximum absolute atomic E-state index is 4.71. The van der Waals surface area contributed by atoms with Crippen LogP contribution in [-0.2, 0) is 19.9 Å². The van der Waals surface area contributed by atoms with Gasteiger partial charge >= 0.3 is 0 Å². The number of aryl methyl sites for hydroxylation is 3. The summed E-state index contributed by atoms with van der Waals surface area (Å²) in [5.74, 6) is 2.75. The molecule has 0 unspecified atom stereocenters. The summed E-state index contributed by atoms with van der Waals surface area (Å²) in [5.41, 5.74) is 2.25. The molecule has 1 aliphatic rings. The fourth-order valence-corrected chi connectivity index (χ4v) is 2.82. The van der Waals surface area contributed by atoms with Crippen LogP contribution in [0.25, 0.3) is 0 Å². The highest BCUT2D eigenvalue weighted by molar-refractivity contribution is 5.39. The topological polar surface area (TPSA) is 63.0 Å². The molecule has 1 fully saturated rings. The van der Waals surface area contributed by atoms with Gasteiger partial charge in [0.25, 0.3) is 0 Å². The molecule has 0 spiro atoms. The Morgan fingerprint density at radius 3 is 1.96 bits per heavy atom. The van der Waals surface area contributed by atoms with E-state index < -0.39 is 0 Å². The molecule has 124 valence electrons. The number of piperazine rings is 1. The molecule has 7 heteroatoms. The van der Waals surface area contributed by atoms with Crippen molar-refractivity contribution < 1.29 is 0 Å². The van der Waals surface area contributed by atoms with E-state index in [4.69, 9.17) is 9.97 Å². The summed E-state index contributed by atoms with van der Waals surface area (Å²) < 4.78 is 2.04. The third kappa shape index (κ3) is 3.13. The van der Waals surface area contributed by atoms with E-state index in [1.807, 2.05) is 18.5 Å². The predicted octanol–water partition coefficient (Wildman–Crippen LogP) is 1.36. The van der Waals surface area contributed by atoms with Gasteiger partial charge in [0, 0.05) is 44.6 Å². The van der Waals surface area contributed by atoms with Crippen molar-refractivity contribution in [2.75, 3.05) is 36.0 Å². The Bertz CT molecular complexity index is 649. The Labute approximate surface area is 137 Å². The molecular formula is C16H25N7. The van der Waals surface area contributed by atoms with Crippen LogP contribution in [-0.4, -0.2) is 50.9 Å². The van der Waals surface area contributed by atoms with E-state index in [9.17, 15) is 0 Å². The first-order valence-corrected chi connectivity index (χ1v) is 8.35.